The van der Waals surface area contributed by atoms with Gasteiger partial charge < -0.3 is 18.8 Å². The molecule has 1 saturated heterocycles. The summed E-state index contributed by atoms with van der Waals surface area (Å²) < 4.78 is 16.5. The summed E-state index contributed by atoms with van der Waals surface area (Å²) in [4.78, 5) is 35.6. The van der Waals surface area contributed by atoms with Gasteiger partial charge in [-0.2, -0.15) is 0 Å². The fraction of sp³-hybridized carbons (Fsp3) is 0.364. The summed E-state index contributed by atoms with van der Waals surface area (Å²) in [5.74, 6) is 0.0770. The number of piperidine rings is 1. The predicted octanol–water partition coefficient (Wildman–Crippen LogP) is 2.84. The van der Waals surface area contributed by atoms with Crippen LogP contribution in [0, 0.1) is 0 Å². The van der Waals surface area contributed by atoms with Crippen LogP contribution in [0.1, 0.15) is 35.7 Å². The first-order valence-electron chi connectivity index (χ1n) is 9.96. The van der Waals surface area contributed by atoms with Crippen molar-refractivity contribution >= 4 is 16.9 Å². The van der Waals surface area contributed by atoms with Gasteiger partial charge in [0, 0.05) is 24.3 Å². The standard InChI is InChI=1S/C22H23N3O5/c1-3-14-11-23-22(24-12-14)29-16-7-5-9-25(13-16)20(26)17-10-15-6-4-8-18(28-2)19(15)30-21(17)27/h4,6,8,10-12,16H,3,5,7,9,13H2,1-2H3. The molecule has 0 N–H and O–H groups in total. The van der Waals surface area contributed by atoms with Gasteiger partial charge in [-0.15, -0.1) is 0 Å². The number of aryl methyl sites for hydroxylation is 1. The second-order valence-electron chi connectivity index (χ2n) is 7.19. The minimum atomic E-state index is -0.682. The molecule has 8 heteroatoms. The van der Waals surface area contributed by atoms with E-state index in [0.29, 0.717) is 35.8 Å². The first-order valence-corrected chi connectivity index (χ1v) is 9.96. The predicted molar refractivity (Wildman–Crippen MR) is 110 cm³/mol. The molecule has 0 aliphatic carbocycles. The largest absolute Gasteiger partial charge is 0.493 e. The summed E-state index contributed by atoms with van der Waals surface area (Å²) in [7, 11) is 1.50. The topological polar surface area (TPSA) is 94.8 Å². The lowest BCUT2D eigenvalue weighted by atomic mass is 10.1. The van der Waals surface area contributed by atoms with E-state index in [1.807, 2.05) is 6.92 Å². The number of hydrogen-bond acceptors (Lipinski definition) is 7. The number of carbonyl (C=O) groups is 1. The first-order chi connectivity index (χ1) is 14.6. The van der Waals surface area contributed by atoms with Crippen LogP contribution in [0.4, 0.5) is 0 Å². The second kappa shape index (κ2) is 8.52. The summed E-state index contributed by atoms with van der Waals surface area (Å²) in [6, 6.07) is 7.11. The number of amides is 1. The van der Waals surface area contributed by atoms with Crippen molar-refractivity contribution in [3.05, 3.63) is 58.2 Å². The Kier molecular flexibility index (Phi) is 5.65. The number of likely N-dealkylation sites (tertiary alicyclic amines) is 1. The van der Waals surface area contributed by atoms with Crippen molar-refractivity contribution in [3.63, 3.8) is 0 Å². The van der Waals surface area contributed by atoms with Crippen molar-refractivity contribution in [3.8, 4) is 11.8 Å². The molecule has 8 nitrogen and oxygen atoms in total. The Morgan fingerprint density at radius 2 is 2.10 bits per heavy atom. The van der Waals surface area contributed by atoms with Crippen LogP contribution in [0.5, 0.6) is 11.8 Å². The monoisotopic (exact) mass is 409 g/mol. The molecule has 4 rings (SSSR count). The highest BCUT2D eigenvalue weighted by atomic mass is 16.5. The Morgan fingerprint density at radius 3 is 2.83 bits per heavy atom. The number of para-hydroxylation sites is 1. The molecule has 2 aromatic heterocycles. The van der Waals surface area contributed by atoms with Crippen molar-refractivity contribution in [1.29, 1.82) is 0 Å². The van der Waals surface area contributed by atoms with Crippen LogP contribution in [0.25, 0.3) is 11.0 Å². The van der Waals surface area contributed by atoms with Crippen LogP contribution in [0.2, 0.25) is 0 Å². The fourth-order valence-electron chi connectivity index (χ4n) is 3.55. The normalized spacial score (nSPS) is 16.5. The first kappa shape index (κ1) is 19.9. The number of fused-ring (bicyclic) bond motifs is 1. The molecule has 1 atom stereocenters. The number of carbonyl (C=O) groups excluding carboxylic acids is 1. The lowest BCUT2D eigenvalue weighted by Gasteiger charge is -2.32. The lowest BCUT2D eigenvalue weighted by molar-refractivity contribution is 0.0512. The van der Waals surface area contributed by atoms with Gasteiger partial charge in [-0.25, -0.2) is 14.8 Å². The molecule has 1 unspecified atom stereocenters. The van der Waals surface area contributed by atoms with E-state index in [1.165, 1.54) is 7.11 Å². The van der Waals surface area contributed by atoms with Crippen molar-refractivity contribution in [1.82, 2.24) is 14.9 Å². The molecule has 1 aliphatic rings. The van der Waals surface area contributed by atoms with E-state index >= 15 is 0 Å². The Labute approximate surface area is 173 Å². The lowest BCUT2D eigenvalue weighted by Crippen LogP contribution is -2.45. The third kappa shape index (κ3) is 3.98. The van der Waals surface area contributed by atoms with Crippen molar-refractivity contribution in [2.75, 3.05) is 20.2 Å². The molecule has 1 amide bonds. The van der Waals surface area contributed by atoms with Gasteiger partial charge in [0.25, 0.3) is 5.91 Å². The van der Waals surface area contributed by atoms with Crippen LogP contribution in [0.3, 0.4) is 0 Å². The summed E-state index contributed by atoms with van der Waals surface area (Å²) in [6.45, 7) is 2.93. The maximum Gasteiger partial charge on any atom is 0.349 e. The Balaban J connectivity index is 1.52. The van der Waals surface area contributed by atoms with E-state index in [-0.39, 0.29) is 17.6 Å². The molecule has 30 heavy (non-hydrogen) atoms. The molecule has 3 heterocycles. The molecule has 0 bridgehead atoms. The van der Waals surface area contributed by atoms with Gasteiger partial charge in [0.1, 0.15) is 11.7 Å². The summed E-state index contributed by atoms with van der Waals surface area (Å²) in [5.41, 5.74) is 0.676. The van der Waals surface area contributed by atoms with Gasteiger partial charge in [0.05, 0.1) is 13.7 Å². The average molecular weight is 409 g/mol. The smallest absolute Gasteiger partial charge is 0.349 e. The van der Waals surface area contributed by atoms with Crippen LogP contribution in [-0.2, 0) is 6.42 Å². The van der Waals surface area contributed by atoms with Crippen molar-refractivity contribution in [2.24, 2.45) is 0 Å². The van der Waals surface area contributed by atoms with Gasteiger partial charge in [-0.3, -0.25) is 4.79 Å². The summed E-state index contributed by atoms with van der Waals surface area (Å²) in [5, 5.41) is 0.631. The van der Waals surface area contributed by atoms with Crippen LogP contribution >= 0.6 is 0 Å². The summed E-state index contributed by atoms with van der Waals surface area (Å²) in [6.07, 6.45) is 5.64. The van der Waals surface area contributed by atoms with Gasteiger partial charge in [-0.05, 0) is 37.0 Å². The maximum atomic E-state index is 13.0. The quantitative estimate of drug-likeness (QED) is 0.598. The fourth-order valence-corrected chi connectivity index (χ4v) is 3.55. The van der Waals surface area contributed by atoms with E-state index in [1.54, 1.807) is 41.6 Å². The zero-order valence-electron chi connectivity index (χ0n) is 17.0. The molecule has 1 aliphatic heterocycles. The van der Waals surface area contributed by atoms with Crippen molar-refractivity contribution < 1.29 is 18.7 Å². The molecular weight excluding hydrogens is 386 g/mol. The van der Waals surface area contributed by atoms with E-state index in [2.05, 4.69) is 9.97 Å². The highest BCUT2D eigenvalue weighted by molar-refractivity contribution is 5.97. The van der Waals surface area contributed by atoms with Gasteiger partial charge in [0.2, 0.25) is 0 Å². The zero-order valence-corrected chi connectivity index (χ0v) is 17.0. The third-order valence-corrected chi connectivity index (χ3v) is 5.20. The molecule has 3 aromatic rings. The molecule has 156 valence electrons. The van der Waals surface area contributed by atoms with E-state index < -0.39 is 5.63 Å². The summed E-state index contributed by atoms with van der Waals surface area (Å²) >= 11 is 0. The van der Waals surface area contributed by atoms with Gasteiger partial charge in [-0.1, -0.05) is 19.1 Å². The van der Waals surface area contributed by atoms with Gasteiger partial charge >= 0.3 is 11.6 Å². The number of hydrogen-bond donors (Lipinski definition) is 0. The van der Waals surface area contributed by atoms with E-state index in [9.17, 15) is 9.59 Å². The second-order valence-corrected chi connectivity index (χ2v) is 7.19. The van der Waals surface area contributed by atoms with Gasteiger partial charge in [0.15, 0.2) is 11.3 Å². The average Bonchev–Trinajstić information content (AvgIpc) is 2.78. The highest BCUT2D eigenvalue weighted by Crippen LogP contribution is 2.25. The van der Waals surface area contributed by atoms with Crippen molar-refractivity contribution in [2.45, 2.75) is 32.3 Å². The number of methoxy groups -OCH3 is 1. The van der Waals surface area contributed by atoms with E-state index in [4.69, 9.17) is 13.9 Å². The molecule has 1 fully saturated rings. The molecular formula is C22H23N3O5. The molecule has 0 radical (unpaired) electrons. The number of benzene rings is 1. The minimum Gasteiger partial charge on any atom is -0.493 e. The molecule has 1 aromatic carbocycles. The van der Waals surface area contributed by atoms with Crippen LogP contribution in [0.15, 0.2) is 45.9 Å². The van der Waals surface area contributed by atoms with E-state index in [0.717, 1.165) is 24.8 Å². The Morgan fingerprint density at radius 1 is 1.30 bits per heavy atom. The molecule has 0 spiro atoms. The number of ether oxygens (including phenoxy) is 2. The zero-order chi connectivity index (χ0) is 21.1. The van der Waals surface area contributed by atoms with Crippen LogP contribution < -0.4 is 15.1 Å². The Hall–Kier alpha value is -3.42. The molecule has 0 saturated carbocycles. The third-order valence-electron chi connectivity index (χ3n) is 5.20. The highest BCUT2D eigenvalue weighted by Gasteiger charge is 2.28. The number of rotatable bonds is 5. The van der Waals surface area contributed by atoms with Crippen LogP contribution in [-0.4, -0.2) is 47.1 Å². The number of nitrogens with zero attached hydrogens (tertiary/aromatic N) is 3. The Bertz CT molecular complexity index is 1110. The minimum absolute atomic E-state index is 0.0000447. The number of aromatic nitrogens is 2. The maximum absolute atomic E-state index is 13.0. The SMILES string of the molecule is CCc1cnc(OC2CCCN(C(=O)c3cc4cccc(OC)c4oc3=O)C2)nc1.